The Kier molecular flexibility index (Phi) is 7.62. The van der Waals surface area contributed by atoms with E-state index >= 15 is 0 Å². The molecule has 5 rings (SSSR count). The number of ether oxygens (including phenoxy) is 1. The maximum atomic E-state index is 12.8. The van der Waals surface area contributed by atoms with Gasteiger partial charge in [0.2, 0.25) is 5.91 Å². The Morgan fingerprint density at radius 1 is 1.00 bits per heavy atom. The first-order valence-corrected chi connectivity index (χ1v) is 12.9. The average Bonchev–Trinajstić information content (AvgIpc) is 3.32. The molecule has 186 valence electrons. The second-order valence-electron chi connectivity index (χ2n) is 9.80. The minimum Gasteiger partial charge on any atom is -0.489 e. The summed E-state index contributed by atoms with van der Waals surface area (Å²) in [6.07, 6.45) is 4.77. The van der Waals surface area contributed by atoms with Crippen molar-refractivity contribution in [2.24, 2.45) is 5.92 Å². The van der Waals surface area contributed by atoms with E-state index in [-0.39, 0.29) is 5.91 Å². The van der Waals surface area contributed by atoms with Crippen LogP contribution in [0.1, 0.15) is 30.9 Å². The largest absolute Gasteiger partial charge is 0.489 e. The summed E-state index contributed by atoms with van der Waals surface area (Å²) >= 11 is 0. The number of amides is 1. The zero-order chi connectivity index (χ0) is 24.7. The molecule has 1 atom stereocenters. The SMILES string of the molecule is C[C@@H]1CCCN(CCn2ncc3c(NC(=O)Cc4ccc(OCc5ccccc5)cc4)cccc32)C1. The summed E-state index contributed by atoms with van der Waals surface area (Å²) in [5.74, 6) is 1.52. The van der Waals surface area contributed by atoms with Crippen LogP contribution in [-0.4, -0.2) is 40.2 Å². The number of nitrogens with one attached hydrogen (secondary N) is 1. The first kappa shape index (κ1) is 24.1. The predicted octanol–water partition coefficient (Wildman–Crippen LogP) is 5.53. The highest BCUT2D eigenvalue weighted by Gasteiger charge is 2.17. The molecular weight excluding hydrogens is 448 g/mol. The summed E-state index contributed by atoms with van der Waals surface area (Å²) in [5.41, 5.74) is 3.92. The number of piperidine rings is 1. The second kappa shape index (κ2) is 11.4. The number of hydrogen-bond donors (Lipinski definition) is 1. The van der Waals surface area contributed by atoms with Gasteiger partial charge in [-0.3, -0.25) is 9.48 Å². The summed E-state index contributed by atoms with van der Waals surface area (Å²) in [7, 11) is 0. The molecule has 1 fully saturated rings. The van der Waals surface area contributed by atoms with Gasteiger partial charge < -0.3 is 15.0 Å². The summed E-state index contributed by atoms with van der Waals surface area (Å²) in [6.45, 7) is 7.05. The van der Waals surface area contributed by atoms with Gasteiger partial charge >= 0.3 is 0 Å². The maximum absolute atomic E-state index is 12.8. The molecule has 1 amide bonds. The van der Waals surface area contributed by atoms with Crippen molar-refractivity contribution in [2.45, 2.75) is 39.3 Å². The molecule has 0 spiro atoms. The molecule has 4 aromatic rings. The van der Waals surface area contributed by atoms with Gasteiger partial charge in [0.1, 0.15) is 12.4 Å². The van der Waals surface area contributed by atoms with Gasteiger partial charge in [-0.25, -0.2) is 0 Å². The topological polar surface area (TPSA) is 59.4 Å². The van der Waals surface area contributed by atoms with E-state index in [1.165, 1.54) is 25.9 Å². The van der Waals surface area contributed by atoms with E-state index in [0.717, 1.165) is 52.5 Å². The lowest BCUT2D eigenvalue weighted by molar-refractivity contribution is -0.115. The van der Waals surface area contributed by atoms with Crippen LogP contribution in [0.5, 0.6) is 5.75 Å². The predicted molar refractivity (Wildman–Crippen MR) is 144 cm³/mol. The molecule has 36 heavy (non-hydrogen) atoms. The van der Waals surface area contributed by atoms with Crippen LogP contribution in [-0.2, 0) is 24.4 Å². The van der Waals surface area contributed by atoms with Crippen LogP contribution >= 0.6 is 0 Å². The fourth-order valence-electron chi connectivity index (χ4n) is 4.94. The van der Waals surface area contributed by atoms with E-state index in [2.05, 4.69) is 33.0 Å². The Balaban J connectivity index is 1.16. The van der Waals surface area contributed by atoms with Crippen molar-refractivity contribution in [3.05, 3.63) is 90.1 Å². The zero-order valence-electron chi connectivity index (χ0n) is 20.9. The first-order chi connectivity index (χ1) is 17.6. The highest BCUT2D eigenvalue weighted by molar-refractivity contribution is 6.01. The smallest absolute Gasteiger partial charge is 0.228 e. The highest BCUT2D eigenvalue weighted by atomic mass is 16.5. The van der Waals surface area contributed by atoms with Crippen molar-refractivity contribution in [1.29, 1.82) is 0 Å². The van der Waals surface area contributed by atoms with Crippen LogP contribution < -0.4 is 10.1 Å². The third kappa shape index (κ3) is 6.13. The summed E-state index contributed by atoms with van der Waals surface area (Å²) in [6, 6.07) is 23.8. The van der Waals surface area contributed by atoms with Gasteiger partial charge in [-0.05, 0) is 60.7 Å². The number of hydrogen-bond acceptors (Lipinski definition) is 4. The number of rotatable bonds is 9. The molecule has 0 bridgehead atoms. The molecule has 0 radical (unpaired) electrons. The molecule has 6 nitrogen and oxygen atoms in total. The van der Waals surface area contributed by atoms with E-state index in [0.29, 0.717) is 13.0 Å². The third-order valence-corrected chi connectivity index (χ3v) is 6.87. The van der Waals surface area contributed by atoms with Gasteiger partial charge in [-0.2, -0.15) is 5.10 Å². The standard InChI is InChI=1S/C30H34N4O2/c1-23-7-6-16-33(21-23)17-18-34-29-11-5-10-28(27(29)20-31-34)32-30(35)19-24-12-14-26(15-13-24)36-22-25-8-3-2-4-9-25/h2-5,8-15,20,23H,6-7,16-19,21-22H2,1H3,(H,32,35)/t23-/m1/s1. The number of aromatic nitrogens is 2. The Morgan fingerprint density at radius 3 is 2.64 bits per heavy atom. The second-order valence-corrected chi connectivity index (χ2v) is 9.80. The van der Waals surface area contributed by atoms with E-state index in [4.69, 9.17) is 4.74 Å². The molecule has 1 aliphatic rings. The Labute approximate surface area is 212 Å². The fraction of sp³-hybridized carbons (Fsp3) is 0.333. The Morgan fingerprint density at radius 2 is 1.83 bits per heavy atom. The van der Waals surface area contributed by atoms with Crippen molar-refractivity contribution in [2.75, 3.05) is 25.0 Å². The third-order valence-electron chi connectivity index (χ3n) is 6.87. The van der Waals surface area contributed by atoms with Crippen LogP contribution in [0, 0.1) is 5.92 Å². The van der Waals surface area contributed by atoms with Crippen LogP contribution in [0.2, 0.25) is 0 Å². The molecule has 0 unspecified atom stereocenters. The molecule has 0 saturated carbocycles. The monoisotopic (exact) mass is 482 g/mol. The minimum absolute atomic E-state index is 0.0458. The highest BCUT2D eigenvalue weighted by Crippen LogP contribution is 2.24. The van der Waals surface area contributed by atoms with Gasteiger partial charge in [-0.1, -0.05) is 55.5 Å². The average molecular weight is 483 g/mol. The van der Waals surface area contributed by atoms with Crippen molar-refractivity contribution in [3.63, 3.8) is 0 Å². The van der Waals surface area contributed by atoms with Gasteiger partial charge in [-0.15, -0.1) is 0 Å². The number of carbonyl (C=O) groups is 1. The number of likely N-dealkylation sites (tertiary alicyclic amines) is 1. The normalized spacial score (nSPS) is 16.2. The van der Waals surface area contributed by atoms with E-state index in [9.17, 15) is 4.79 Å². The van der Waals surface area contributed by atoms with Crippen LogP contribution in [0.4, 0.5) is 5.69 Å². The Hall–Kier alpha value is -3.64. The molecule has 0 aliphatic carbocycles. The number of fused-ring (bicyclic) bond motifs is 1. The lowest BCUT2D eigenvalue weighted by Gasteiger charge is -2.30. The molecule has 1 aliphatic heterocycles. The molecule has 2 heterocycles. The quantitative estimate of drug-likeness (QED) is 0.341. The maximum Gasteiger partial charge on any atom is 0.228 e. The van der Waals surface area contributed by atoms with E-state index in [1.807, 2.05) is 72.9 Å². The molecular formula is C30H34N4O2. The number of nitrogens with zero attached hydrogens (tertiary/aromatic N) is 3. The van der Waals surface area contributed by atoms with E-state index < -0.39 is 0 Å². The van der Waals surface area contributed by atoms with Crippen LogP contribution in [0.3, 0.4) is 0 Å². The van der Waals surface area contributed by atoms with Gasteiger partial charge in [0, 0.05) is 18.5 Å². The van der Waals surface area contributed by atoms with Gasteiger partial charge in [0.15, 0.2) is 0 Å². The molecule has 1 N–H and O–H groups in total. The van der Waals surface area contributed by atoms with Crippen LogP contribution in [0.15, 0.2) is 79.0 Å². The number of anilines is 1. The molecule has 1 aromatic heterocycles. The van der Waals surface area contributed by atoms with Crippen molar-refractivity contribution < 1.29 is 9.53 Å². The minimum atomic E-state index is -0.0458. The van der Waals surface area contributed by atoms with Crippen molar-refractivity contribution in [3.8, 4) is 5.75 Å². The van der Waals surface area contributed by atoms with Crippen molar-refractivity contribution in [1.82, 2.24) is 14.7 Å². The lowest BCUT2D eigenvalue weighted by atomic mass is 10.0. The zero-order valence-corrected chi connectivity index (χ0v) is 20.9. The molecule has 6 heteroatoms. The van der Waals surface area contributed by atoms with E-state index in [1.54, 1.807) is 0 Å². The number of carbonyl (C=O) groups excluding carboxylic acids is 1. The number of benzene rings is 3. The fourth-order valence-corrected chi connectivity index (χ4v) is 4.94. The Bertz CT molecular complexity index is 1280. The summed E-state index contributed by atoms with van der Waals surface area (Å²) in [4.78, 5) is 15.3. The van der Waals surface area contributed by atoms with Crippen LogP contribution in [0.25, 0.3) is 10.9 Å². The summed E-state index contributed by atoms with van der Waals surface area (Å²) in [5, 5.41) is 8.68. The van der Waals surface area contributed by atoms with Crippen molar-refractivity contribution >= 4 is 22.5 Å². The molecule has 1 saturated heterocycles. The van der Waals surface area contributed by atoms with Gasteiger partial charge in [0.05, 0.1) is 30.4 Å². The summed E-state index contributed by atoms with van der Waals surface area (Å²) < 4.78 is 7.90. The molecule has 3 aromatic carbocycles. The first-order valence-electron chi connectivity index (χ1n) is 12.9. The lowest BCUT2D eigenvalue weighted by Crippen LogP contribution is -2.36. The van der Waals surface area contributed by atoms with Gasteiger partial charge in [0.25, 0.3) is 0 Å².